The third-order valence-corrected chi connectivity index (χ3v) is 5.02. The van der Waals surface area contributed by atoms with Gasteiger partial charge in [-0.05, 0) is 40.0 Å². The predicted octanol–water partition coefficient (Wildman–Crippen LogP) is -0.207. The zero-order chi connectivity index (χ0) is 20.1. The van der Waals surface area contributed by atoms with Gasteiger partial charge in [-0.25, -0.2) is 9.02 Å². The van der Waals surface area contributed by atoms with E-state index < -0.39 is 18.6 Å². The van der Waals surface area contributed by atoms with E-state index in [4.69, 9.17) is 9.74 Å². The SMILES string of the molecule is O=C(NCCSc1nonc1C(=N[C@H]1Cc2ccc(F)cc21)NO)C(O)CO. The van der Waals surface area contributed by atoms with Gasteiger partial charge < -0.3 is 15.5 Å². The number of halogens is 1. The van der Waals surface area contributed by atoms with Crippen molar-refractivity contribution in [3.8, 4) is 0 Å². The number of hydroxylamine groups is 1. The fraction of sp³-hybridized carbons (Fsp3) is 0.375. The number of amidine groups is 1. The van der Waals surface area contributed by atoms with Gasteiger partial charge >= 0.3 is 0 Å². The lowest BCUT2D eigenvalue weighted by Crippen LogP contribution is -2.37. The van der Waals surface area contributed by atoms with Crippen molar-refractivity contribution >= 4 is 23.5 Å². The Morgan fingerprint density at radius 1 is 1.46 bits per heavy atom. The van der Waals surface area contributed by atoms with E-state index in [1.54, 1.807) is 6.07 Å². The van der Waals surface area contributed by atoms with Crippen LogP contribution in [0.25, 0.3) is 0 Å². The smallest absolute Gasteiger partial charge is 0.251 e. The quantitative estimate of drug-likeness (QED) is 0.131. The maximum absolute atomic E-state index is 13.4. The van der Waals surface area contributed by atoms with Gasteiger partial charge in [0.25, 0.3) is 5.91 Å². The van der Waals surface area contributed by atoms with Gasteiger partial charge in [-0.1, -0.05) is 17.8 Å². The predicted molar refractivity (Wildman–Crippen MR) is 95.4 cm³/mol. The van der Waals surface area contributed by atoms with Crippen molar-refractivity contribution in [3.05, 3.63) is 40.8 Å². The minimum atomic E-state index is -1.47. The third-order valence-electron chi connectivity index (χ3n) is 4.07. The number of carbonyl (C=O) groups is 1. The van der Waals surface area contributed by atoms with Crippen molar-refractivity contribution in [1.29, 1.82) is 0 Å². The topological polar surface area (TPSA) is 153 Å². The van der Waals surface area contributed by atoms with E-state index in [-0.39, 0.29) is 29.9 Å². The van der Waals surface area contributed by atoms with E-state index in [9.17, 15) is 19.5 Å². The van der Waals surface area contributed by atoms with E-state index in [1.165, 1.54) is 23.9 Å². The molecule has 0 saturated heterocycles. The fourth-order valence-corrected chi connectivity index (χ4v) is 3.36. The molecule has 1 unspecified atom stereocenters. The number of aliphatic imine (C=N–C) groups is 1. The molecule has 1 heterocycles. The van der Waals surface area contributed by atoms with Crippen LogP contribution in [-0.2, 0) is 11.2 Å². The molecule has 2 aromatic rings. The molecule has 3 rings (SSSR count). The Labute approximate surface area is 162 Å². The van der Waals surface area contributed by atoms with Gasteiger partial charge in [-0.2, -0.15) is 0 Å². The molecule has 28 heavy (non-hydrogen) atoms. The molecule has 1 aromatic carbocycles. The van der Waals surface area contributed by atoms with Gasteiger partial charge in [0.2, 0.25) is 0 Å². The normalized spacial score (nSPS) is 16.9. The number of amides is 1. The van der Waals surface area contributed by atoms with E-state index in [2.05, 4.69) is 20.6 Å². The van der Waals surface area contributed by atoms with Gasteiger partial charge in [-0.15, -0.1) is 0 Å². The third kappa shape index (κ3) is 4.47. The molecule has 5 N–H and O–H groups in total. The summed E-state index contributed by atoms with van der Waals surface area (Å²) < 4.78 is 18.1. The number of nitrogens with one attached hydrogen (secondary N) is 2. The molecular weight excluding hydrogens is 393 g/mol. The number of aliphatic hydroxyl groups is 2. The first kappa shape index (κ1) is 20.2. The molecule has 12 heteroatoms. The summed E-state index contributed by atoms with van der Waals surface area (Å²) in [5.74, 6) is -0.647. The molecule has 1 amide bonds. The summed E-state index contributed by atoms with van der Waals surface area (Å²) in [6.07, 6.45) is -0.866. The van der Waals surface area contributed by atoms with Gasteiger partial charge in [0, 0.05) is 12.3 Å². The van der Waals surface area contributed by atoms with Crippen LogP contribution in [0.1, 0.15) is 22.9 Å². The van der Waals surface area contributed by atoms with Crippen LogP contribution in [-0.4, -0.2) is 62.5 Å². The molecule has 2 atom stereocenters. The Kier molecular flexibility index (Phi) is 6.57. The standard InChI is InChI=1S/C16H18FN5O5S/c17-9-2-1-8-5-11(10(8)6-9)19-14(20-26)13-16(22-27-21-13)28-4-3-18-15(25)12(24)7-23/h1-2,6,11-12,23-24,26H,3-5,7H2,(H,18,25)(H,19,20)/t11-,12?/m0/s1. The Morgan fingerprint density at radius 2 is 2.29 bits per heavy atom. The van der Waals surface area contributed by atoms with Crippen molar-refractivity contribution in [2.24, 2.45) is 4.99 Å². The highest BCUT2D eigenvalue weighted by molar-refractivity contribution is 7.99. The van der Waals surface area contributed by atoms with Crippen molar-refractivity contribution in [2.45, 2.75) is 23.6 Å². The van der Waals surface area contributed by atoms with Gasteiger partial charge in [0.15, 0.2) is 22.7 Å². The maximum atomic E-state index is 13.4. The van der Waals surface area contributed by atoms with Crippen LogP contribution in [0.15, 0.2) is 32.8 Å². The first-order chi connectivity index (χ1) is 13.5. The van der Waals surface area contributed by atoms with Gasteiger partial charge in [0.05, 0.1) is 12.6 Å². The number of nitrogens with zero attached hydrogens (tertiary/aromatic N) is 3. The molecule has 1 aliphatic rings. The summed E-state index contributed by atoms with van der Waals surface area (Å²) in [4.78, 5) is 15.7. The number of aromatic nitrogens is 2. The lowest BCUT2D eigenvalue weighted by Gasteiger charge is -2.27. The number of hydrogen-bond acceptors (Lipinski definition) is 9. The molecule has 0 bridgehead atoms. The number of fused-ring (bicyclic) bond motifs is 1. The summed E-state index contributed by atoms with van der Waals surface area (Å²) in [6, 6.07) is 4.17. The van der Waals surface area contributed by atoms with E-state index in [0.717, 1.165) is 11.1 Å². The van der Waals surface area contributed by atoms with E-state index in [1.807, 2.05) is 5.48 Å². The molecular formula is C16H18FN5O5S. The largest absolute Gasteiger partial charge is 0.393 e. The average Bonchev–Trinajstić information content (AvgIpc) is 3.15. The molecule has 1 aliphatic carbocycles. The first-order valence-corrected chi connectivity index (χ1v) is 9.30. The second-order valence-corrected chi connectivity index (χ2v) is 6.99. The number of hydrogen-bond donors (Lipinski definition) is 5. The summed E-state index contributed by atoms with van der Waals surface area (Å²) in [7, 11) is 0. The Hall–Kier alpha value is -2.54. The number of carbonyl (C=O) groups excluding carboxylic acids is 1. The number of thioether (sulfide) groups is 1. The summed E-state index contributed by atoms with van der Waals surface area (Å²) in [5.41, 5.74) is 3.88. The summed E-state index contributed by atoms with van der Waals surface area (Å²) in [5, 5.41) is 37.6. The van der Waals surface area contributed by atoms with Crippen LogP contribution in [0.3, 0.4) is 0 Å². The first-order valence-electron chi connectivity index (χ1n) is 8.32. The van der Waals surface area contributed by atoms with E-state index >= 15 is 0 Å². The van der Waals surface area contributed by atoms with Crippen LogP contribution < -0.4 is 10.8 Å². The highest BCUT2D eigenvalue weighted by Gasteiger charge is 2.28. The summed E-state index contributed by atoms with van der Waals surface area (Å²) in [6.45, 7) is -0.465. The minimum Gasteiger partial charge on any atom is -0.393 e. The van der Waals surface area contributed by atoms with E-state index in [0.29, 0.717) is 17.2 Å². The van der Waals surface area contributed by atoms with Crippen molar-refractivity contribution in [2.75, 3.05) is 18.9 Å². The minimum absolute atomic E-state index is 0.0309. The zero-order valence-electron chi connectivity index (χ0n) is 14.5. The Balaban J connectivity index is 1.62. The van der Waals surface area contributed by atoms with Crippen molar-refractivity contribution in [1.82, 2.24) is 21.1 Å². The van der Waals surface area contributed by atoms with Crippen LogP contribution >= 0.6 is 11.8 Å². The molecule has 0 aliphatic heterocycles. The number of rotatable bonds is 8. The molecule has 0 fully saturated rings. The average molecular weight is 411 g/mol. The molecule has 150 valence electrons. The van der Waals surface area contributed by atoms with Gasteiger partial charge in [0.1, 0.15) is 5.82 Å². The zero-order valence-corrected chi connectivity index (χ0v) is 15.3. The molecule has 0 radical (unpaired) electrons. The lowest BCUT2D eigenvalue weighted by atomic mass is 9.83. The Morgan fingerprint density at radius 3 is 3.04 bits per heavy atom. The van der Waals surface area contributed by atoms with Crippen LogP contribution in [0, 0.1) is 5.82 Å². The fourth-order valence-electron chi connectivity index (χ4n) is 2.61. The Bertz CT molecular complexity index is 877. The van der Waals surface area contributed by atoms with Crippen molar-refractivity contribution in [3.63, 3.8) is 0 Å². The van der Waals surface area contributed by atoms with Crippen LogP contribution in [0.2, 0.25) is 0 Å². The molecule has 0 saturated carbocycles. The van der Waals surface area contributed by atoms with Crippen LogP contribution in [0.4, 0.5) is 4.39 Å². The second kappa shape index (κ2) is 9.10. The van der Waals surface area contributed by atoms with Crippen molar-refractivity contribution < 1.29 is 29.2 Å². The lowest BCUT2D eigenvalue weighted by molar-refractivity contribution is -0.131. The highest BCUT2D eigenvalue weighted by atomic mass is 32.2. The molecule has 0 spiro atoms. The number of aliphatic hydroxyl groups excluding tert-OH is 2. The van der Waals surface area contributed by atoms with Crippen LogP contribution in [0.5, 0.6) is 0 Å². The molecule has 1 aromatic heterocycles. The highest BCUT2D eigenvalue weighted by Crippen LogP contribution is 2.37. The monoisotopic (exact) mass is 411 g/mol. The second-order valence-electron chi connectivity index (χ2n) is 5.91. The summed E-state index contributed by atoms with van der Waals surface area (Å²) >= 11 is 1.18. The molecule has 10 nitrogen and oxygen atoms in total. The number of benzene rings is 1. The van der Waals surface area contributed by atoms with Gasteiger partial charge in [-0.3, -0.25) is 20.5 Å². The maximum Gasteiger partial charge on any atom is 0.251 e.